The normalized spacial score (nSPS) is 19.8. The van der Waals surface area contributed by atoms with Crippen molar-refractivity contribution in [2.75, 3.05) is 0 Å². The fourth-order valence-corrected chi connectivity index (χ4v) is 3.36. The van der Waals surface area contributed by atoms with Crippen LogP contribution in [-0.4, -0.2) is 26.3 Å². The minimum atomic E-state index is -3.66. The van der Waals surface area contributed by atoms with Crippen LogP contribution in [0.15, 0.2) is 24.3 Å². The Labute approximate surface area is 121 Å². The third-order valence-corrected chi connectivity index (χ3v) is 4.44. The van der Waals surface area contributed by atoms with Gasteiger partial charge in [0.1, 0.15) is 6.04 Å². The fourth-order valence-electron chi connectivity index (χ4n) is 1.86. The summed E-state index contributed by atoms with van der Waals surface area (Å²) in [6.45, 7) is 0. The van der Waals surface area contributed by atoms with Crippen molar-refractivity contribution in [1.29, 1.82) is 0 Å². The molecule has 0 saturated carbocycles. The van der Waals surface area contributed by atoms with Crippen LogP contribution in [-0.2, 0) is 25.4 Å². The van der Waals surface area contributed by atoms with E-state index >= 15 is 0 Å². The first kappa shape index (κ1) is 15.0. The van der Waals surface area contributed by atoms with E-state index in [1.807, 2.05) is 0 Å². The highest BCUT2D eigenvalue weighted by molar-refractivity contribution is 7.88. The number of halogens is 1. The number of nitrogens with one attached hydrogen (secondary N) is 2. The predicted molar refractivity (Wildman–Crippen MR) is 73.4 cm³/mol. The van der Waals surface area contributed by atoms with Crippen molar-refractivity contribution >= 4 is 33.4 Å². The molecule has 0 radical (unpaired) electrons. The second-order valence-electron chi connectivity index (χ2n) is 4.51. The fraction of sp³-hybridized carbons (Fsp3) is 0.333. The zero-order valence-electron chi connectivity index (χ0n) is 10.4. The topological polar surface area (TPSA) is 92.3 Å². The lowest BCUT2D eigenvalue weighted by Gasteiger charge is -2.21. The second-order valence-corrected chi connectivity index (χ2v) is 6.70. The van der Waals surface area contributed by atoms with Gasteiger partial charge in [-0.2, -0.15) is 0 Å². The van der Waals surface area contributed by atoms with Crippen LogP contribution in [0, 0.1) is 0 Å². The van der Waals surface area contributed by atoms with E-state index in [9.17, 15) is 18.0 Å². The van der Waals surface area contributed by atoms with E-state index in [1.54, 1.807) is 24.3 Å². The smallest absolute Gasteiger partial charge is 0.244 e. The first-order valence-corrected chi connectivity index (χ1v) is 7.97. The van der Waals surface area contributed by atoms with E-state index in [-0.39, 0.29) is 24.5 Å². The van der Waals surface area contributed by atoms with Crippen LogP contribution in [0.3, 0.4) is 0 Å². The quantitative estimate of drug-likeness (QED) is 0.794. The van der Waals surface area contributed by atoms with Crippen LogP contribution < -0.4 is 10.0 Å². The molecule has 8 heteroatoms. The Bertz CT molecular complexity index is 627. The summed E-state index contributed by atoms with van der Waals surface area (Å²) < 4.78 is 26.2. The van der Waals surface area contributed by atoms with Gasteiger partial charge in [-0.15, -0.1) is 0 Å². The molecule has 1 unspecified atom stereocenters. The molecule has 1 heterocycles. The molecule has 1 saturated heterocycles. The summed E-state index contributed by atoms with van der Waals surface area (Å²) in [6, 6.07) is 5.50. The lowest BCUT2D eigenvalue weighted by atomic mass is 10.1. The molecule has 0 aromatic heterocycles. The summed E-state index contributed by atoms with van der Waals surface area (Å²) in [7, 11) is -3.66. The Morgan fingerprint density at radius 1 is 1.25 bits per heavy atom. The Hall–Kier alpha value is -1.44. The summed E-state index contributed by atoms with van der Waals surface area (Å²) in [5.74, 6) is -1.24. The number of piperidine rings is 1. The maximum atomic E-state index is 12.0. The summed E-state index contributed by atoms with van der Waals surface area (Å²) in [4.78, 5) is 22.5. The summed E-state index contributed by atoms with van der Waals surface area (Å²) in [5.41, 5.74) is 0.564. The van der Waals surface area contributed by atoms with Gasteiger partial charge in [0.2, 0.25) is 21.8 Å². The SMILES string of the molecule is O=C1CCC(NS(=O)(=O)Cc2ccc(Cl)cc2)C(=O)N1. The molecule has 1 aromatic carbocycles. The van der Waals surface area contributed by atoms with Gasteiger partial charge in [0, 0.05) is 11.4 Å². The number of hydrogen-bond donors (Lipinski definition) is 2. The zero-order chi connectivity index (χ0) is 14.8. The van der Waals surface area contributed by atoms with E-state index in [0.717, 1.165) is 0 Å². The van der Waals surface area contributed by atoms with Gasteiger partial charge in [-0.1, -0.05) is 23.7 Å². The van der Waals surface area contributed by atoms with Gasteiger partial charge in [0.25, 0.3) is 0 Å². The molecule has 0 bridgehead atoms. The van der Waals surface area contributed by atoms with Crippen LogP contribution in [0.5, 0.6) is 0 Å². The van der Waals surface area contributed by atoms with E-state index in [2.05, 4.69) is 10.0 Å². The van der Waals surface area contributed by atoms with Crippen molar-refractivity contribution in [3.63, 3.8) is 0 Å². The van der Waals surface area contributed by atoms with Crippen molar-refractivity contribution in [2.45, 2.75) is 24.6 Å². The molecule has 6 nitrogen and oxygen atoms in total. The van der Waals surface area contributed by atoms with Gasteiger partial charge < -0.3 is 0 Å². The molecule has 2 amide bonds. The average molecular weight is 317 g/mol. The van der Waals surface area contributed by atoms with Gasteiger partial charge in [-0.25, -0.2) is 13.1 Å². The number of imide groups is 1. The van der Waals surface area contributed by atoms with Gasteiger partial charge in [0.15, 0.2) is 0 Å². The average Bonchev–Trinajstić information content (AvgIpc) is 2.35. The van der Waals surface area contributed by atoms with Crippen molar-refractivity contribution in [2.24, 2.45) is 0 Å². The van der Waals surface area contributed by atoms with E-state index < -0.39 is 22.0 Å². The Morgan fingerprint density at radius 3 is 2.50 bits per heavy atom. The van der Waals surface area contributed by atoms with Gasteiger partial charge >= 0.3 is 0 Å². The highest BCUT2D eigenvalue weighted by Crippen LogP contribution is 2.13. The number of rotatable bonds is 4. The molecule has 20 heavy (non-hydrogen) atoms. The summed E-state index contributed by atoms with van der Waals surface area (Å²) in [5, 5.41) is 2.62. The third-order valence-electron chi connectivity index (χ3n) is 2.83. The molecule has 0 spiro atoms. The van der Waals surface area contributed by atoms with Crippen molar-refractivity contribution < 1.29 is 18.0 Å². The van der Waals surface area contributed by atoms with Crippen LogP contribution in [0.25, 0.3) is 0 Å². The first-order chi connectivity index (χ1) is 9.35. The number of hydrogen-bond acceptors (Lipinski definition) is 4. The summed E-state index contributed by atoms with van der Waals surface area (Å²) >= 11 is 5.72. The molecule has 108 valence electrons. The third kappa shape index (κ3) is 4.03. The molecular weight excluding hydrogens is 304 g/mol. The molecule has 2 N–H and O–H groups in total. The lowest BCUT2D eigenvalue weighted by molar-refractivity contribution is -0.134. The largest absolute Gasteiger partial charge is 0.295 e. The number of benzene rings is 1. The molecule has 0 aliphatic carbocycles. The van der Waals surface area contributed by atoms with Crippen molar-refractivity contribution in [1.82, 2.24) is 10.0 Å². The maximum absolute atomic E-state index is 12.0. The lowest BCUT2D eigenvalue weighted by Crippen LogP contribution is -2.52. The van der Waals surface area contributed by atoms with E-state index in [1.165, 1.54) is 0 Å². The molecule has 1 atom stereocenters. The Kier molecular flexibility index (Phi) is 4.42. The van der Waals surface area contributed by atoms with Crippen LogP contribution >= 0.6 is 11.6 Å². The van der Waals surface area contributed by atoms with Crippen LogP contribution in [0.2, 0.25) is 5.02 Å². The zero-order valence-corrected chi connectivity index (χ0v) is 12.0. The maximum Gasteiger partial charge on any atom is 0.244 e. The number of carbonyl (C=O) groups is 2. The van der Waals surface area contributed by atoms with E-state index in [0.29, 0.717) is 10.6 Å². The molecular formula is C12H13ClN2O4S. The molecule has 1 aliphatic heterocycles. The number of sulfonamides is 1. The van der Waals surface area contributed by atoms with Crippen molar-refractivity contribution in [3.8, 4) is 0 Å². The van der Waals surface area contributed by atoms with Crippen molar-refractivity contribution in [3.05, 3.63) is 34.9 Å². The standard InChI is InChI=1S/C12H13ClN2O4S/c13-9-3-1-8(2-4-9)7-20(18,19)15-10-5-6-11(16)14-12(10)17/h1-4,10,15H,5-7H2,(H,14,16,17). The monoisotopic (exact) mass is 316 g/mol. The highest BCUT2D eigenvalue weighted by atomic mass is 35.5. The minimum absolute atomic E-state index is 0.125. The van der Waals surface area contributed by atoms with Gasteiger partial charge in [-0.3, -0.25) is 14.9 Å². The van der Waals surface area contributed by atoms with Crippen LogP contribution in [0.4, 0.5) is 0 Å². The highest BCUT2D eigenvalue weighted by Gasteiger charge is 2.30. The molecule has 1 aliphatic rings. The number of amides is 2. The molecule has 2 rings (SSSR count). The minimum Gasteiger partial charge on any atom is -0.295 e. The van der Waals surface area contributed by atoms with Crippen LogP contribution in [0.1, 0.15) is 18.4 Å². The van der Waals surface area contributed by atoms with Gasteiger partial charge in [0.05, 0.1) is 5.75 Å². The Morgan fingerprint density at radius 2 is 1.90 bits per heavy atom. The second kappa shape index (κ2) is 5.90. The first-order valence-electron chi connectivity index (χ1n) is 5.94. The molecule has 1 fully saturated rings. The Balaban J connectivity index is 2.02. The predicted octanol–water partition coefficient (Wildman–Crippen LogP) is 0.565. The van der Waals surface area contributed by atoms with Gasteiger partial charge in [-0.05, 0) is 24.1 Å². The van der Waals surface area contributed by atoms with E-state index in [4.69, 9.17) is 11.6 Å². The summed E-state index contributed by atoms with van der Waals surface area (Å²) in [6.07, 6.45) is 0.296. The molecule has 1 aromatic rings. The number of carbonyl (C=O) groups excluding carboxylic acids is 2.